The highest BCUT2D eigenvalue weighted by molar-refractivity contribution is 6.31. The number of rotatable bonds is 5. The van der Waals surface area contributed by atoms with Crippen molar-refractivity contribution in [1.82, 2.24) is 15.2 Å². The standard InChI is InChI=1S/C19H17ClN4O2/c1-26-19(25)22-21-11-16-13-24(12-15-9-5-6-10-17(15)20)23-18(16)14-7-3-2-4-8-14/h2-11,13H,12H2,1H3,(H,22,25)/b21-11-. The highest BCUT2D eigenvalue weighted by Crippen LogP contribution is 2.22. The first-order valence-corrected chi connectivity index (χ1v) is 8.28. The lowest BCUT2D eigenvalue weighted by Gasteiger charge is -2.04. The second-order valence-electron chi connectivity index (χ2n) is 5.45. The zero-order chi connectivity index (χ0) is 18.4. The third-order valence-corrected chi connectivity index (χ3v) is 4.04. The molecule has 0 saturated heterocycles. The molecule has 132 valence electrons. The Hall–Kier alpha value is -3.12. The lowest BCUT2D eigenvalue weighted by molar-refractivity contribution is 0.171. The maximum atomic E-state index is 11.2. The van der Waals surface area contributed by atoms with Crippen LogP contribution in [0.2, 0.25) is 5.02 Å². The topological polar surface area (TPSA) is 68.5 Å². The van der Waals surface area contributed by atoms with Gasteiger partial charge in [0.15, 0.2) is 0 Å². The number of carbonyl (C=O) groups excluding carboxylic acids is 1. The van der Waals surface area contributed by atoms with Gasteiger partial charge in [0, 0.05) is 22.3 Å². The Morgan fingerprint density at radius 2 is 1.96 bits per heavy atom. The lowest BCUT2D eigenvalue weighted by atomic mass is 10.1. The Morgan fingerprint density at radius 3 is 2.69 bits per heavy atom. The van der Waals surface area contributed by atoms with E-state index >= 15 is 0 Å². The summed E-state index contributed by atoms with van der Waals surface area (Å²) >= 11 is 6.24. The molecule has 0 aliphatic heterocycles. The summed E-state index contributed by atoms with van der Waals surface area (Å²) in [6, 6.07) is 17.4. The van der Waals surface area contributed by atoms with Gasteiger partial charge in [-0.05, 0) is 11.6 Å². The van der Waals surface area contributed by atoms with Gasteiger partial charge >= 0.3 is 6.09 Å². The van der Waals surface area contributed by atoms with Crippen LogP contribution in [-0.2, 0) is 11.3 Å². The van der Waals surface area contributed by atoms with E-state index in [1.165, 1.54) is 13.3 Å². The van der Waals surface area contributed by atoms with Crippen LogP contribution in [0.1, 0.15) is 11.1 Å². The summed E-state index contributed by atoms with van der Waals surface area (Å²) in [6.45, 7) is 0.526. The summed E-state index contributed by atoms with van der Waals surface area (Å²) in [5.74, 6) is 0. The van der Waals surface area contributed by atoms with Crippen LogP contribution in [0.3, 0.4) is 0 Å². The summed E-state index contributed by atoms with van der Waals surface area (Å²) in [4.78, 5) is 11.2. The maximum Gasteiger partial charge on any atom is 0.427 e. The van der Waals surface area contributed by atoms with Gasteiger partial charge in [0.05, 0.1) is 19.9 Å². The summed E-state index contributed by atoms with van der Waals surface area (Å²) in [5, 5.41) is 9.25. The van der Waals surface area contributed by atoms with Crippen molar-refractivity contribution in [2.45, 2.75) is 6.54 Å². The van der Waals surface area contributed by atoms with Gasteiger partial charge in [-0.2, -0.15) is 10.2 Å². The molecule has 6 nitrogen and oxygen atoms in total. The van der Waals surface area contributed by atoms with Gasteiger partial charge in [0.2, 0.25) is 0 Å². The molecule has 7 heteroatoms. The number of nitrogens with zero attached hydrogens (tertiary/aromatic N) is 3. The number of hydrazone groups is 1. The number of halogens is 1. The van der Waals surface area contributed by atoms with Crippen molar-refractivity contribution in [2.24, 2.45) is 5.10 Å². The van der Waals surface area contributed by atoms with Crippen molar-refractivity contribution in [3.05, 3.63) is 76.9 Å². The Bertz CT molecular complexity index is 922. The van der Waals surface area contributed by atoms with Crippen LogP contribution >= 0.6 is 11.6 Å². The molecular weight excluding hydrogens is 352 g/mol. The zero-order valence-electron chi connectivity index (χ0n) is 14.1. The smallest absolute Gasteiger partial charge is 0.427 e. The molecule has 2 aromatic carbocycles. The lowest BCUT2D eigenvalue weighted by Crippen LogP contribution is -2.16. The number of amides is 1. The Labute approximate surface area is 156 Å². The van der Waals surface area contributed by atoms with Crippen LogP contribution in [0.25, 0.3) is 11.3 Å². The molecule has 1 N–H and O–H groups in total. The molecule has 1 heterocycles. The normalized spacial score (nSPS) is 10.8. The second kappa shape index (κ2) is 8.31. The molecular formula is C19H17ClN4O2. The first-order valence-electron chi connectivity index (χ1n) is 7.90. The molecule has 0 saturated carbocycles. The number of ether oxygens (including phenoxy) is 1. The Balaban J connectivity index is 1.92. The van der Waals surface area contributed by atoms with Crippen molar-refractivity contribution >= 4 is 23.9 Å². The molecule has 0 atom stereocenters. The van der Waals surface area contributed by atoms with Crippen molar-refractivity contribution in [1.29, 1.82) is 0 Å². The molecule has 0 aliphatic carbocycles. The summed E-state index contributed by atoms with van der Waals surface area (Å²) in [6.07, 6.45) is 2.76. The van der Waals surface area contributed by atoms with Crippen molar-refractivity contribution in [2.75, 3.05) is 7.11 Å². The van der Waals surface area contributed by atoms with Crippen LogP contribution in [-0.4, -0.2) is 29.2 Å². The van der Waals surface area contributed by atoms with Crippen molar-refractivity contribution < 1.29 is 9.53 Å². The van der Waals surface area contributed by atoms with E-state index in [0.29, 0.717) is 11.6 Å². The molecule has 0 bridgehead atoms. The van der Waals surface area contributed by atoms with E-state index < -0.39 is 6.09 Å². The molecule has 3 aromatic rings. The molecule has 0 radical (unpaired) electrons. The highest BCUT2D eigenvalue weighted by atomic mass is 35.5. The van der Waals surface area contributed by atoms with Crippen molar-refractivity contribution in [3.63, 3.8) is 0 Å². The van der Waals surface area contributed by atoms with Crippen LogP contribution in [0, 0.1) is 0 Å². The van der Waals surface area contributed by atoms with Gasteiger partial charge in [0.25, 0.3) is 0 Å². The fourth-order valence-electron chi connectivity index (χ4n) is 2.43. The first-order chi connectivity index (χ1) is 12.7. The Kier molecular flexibility index (Phi) is 5.66. The molecule has 0 unspecified atom stereocenters. The van der Waals surface area contributed by atoms with E-state index in [-0.39, 0.29) is 0 Å². The van der Waals surface area contributed by atoms with Gasteiger partial charge < -0.3 is 4.74 Å². The molecule has 0 fully saturated rings. The third-order valence-electron chi connectivity index (χ3n) is 3.67. The van der Waals surface area contributed by atoms with E-state index in [9.17, 15) is 4.79 Å². The van der Waals surface area contributed by atoms with Crippen LogP contribution in [0.5, 0.6) is 0 Å². The minimum Gasteiger partial charge on any atom is -0.452 e. The Morgan fingerprint density at radius 1 is 1.23 bits per heavy atom. The SMILES string of the molecule is COC(=O)N/N=C\c1cn(Cc2ccccc2Cl)nc1-c1ccccc1. The minimum absolute atomic E-state index is 0.526. The van der Waals surface area contributed by atoms with Crippen LogP contribution in [0.4, 0.5) is 4.79 Å². The van der Waals surface area contributed by atoms with E-state index in [2.05, 4.69) is 20.4 Å². The molecule has 1 aromatic heterocycles. The van der Waals surface area contributed by atoms with Crippen molar-refractivity contribution in [3.8, 4) is 11.3 Å². The van der Waals surface area contributed by atoms with Gasteiger partial charge in [-0.1, -0.05) is 60.1 Å². The summed E-state index contributed by atoms with van der Waals surface area (Å²) < 4.78 is 6.30. The van der Waals surface area contributed by atoms with Gasteiger partial charge in [-0.3, -0.25) is 4.68 Å². The van der Waals surface area contributed by atoms with E-state index in [1.54, 1.807) is 4.68 Å². The van der Waals surface area contributed by atoms with Gasteiger partial charge in [0.1, 0.15) is 5.69 Å². The number of hydrogen-bond donors (Lipinski definition) is 1. The summed E-state index contributed by atoms with van der Waals surface area (Å²) in [5.41, 5.74) is 5.71. The molecule has 3 rings (SSSR count). The average molecular weight is 369 g/mol. The average Bonchev–Trinajstić information content (AvgIpc) is 3.07. The minimum atomic E-state index is -0.633. The quantitative estimate of drug-likeness (QED) is 0.547. The van der Waals surface area contributed by atoms with Gasteiger partial charge in [-0.25, -0.2) is 10.2 Å². The van der Waals surface area contributed by atoms with E-state index in [0.717, 1.165) is 22.4 Å². The fourth-order valence-corrected chi connectivity index (χ4v) is 2.63. The molecule has 0 aliphatic rings. The first kappa shape index (κ1) is 17.7. The van der Waals surface area contributed by atoms with E-state index in [1.807, 2.05) is 60.8 Å². The number of aromatic nitrogens is 2. The number of hydrogen-bond acceptors (Lipinski definition) is 4. The number of carbonyl (C=O) groups is 1. The van der Waals surface area contributed by atoms with Gasteiger partial charge in [-0.15, -0.1) is 0 Å². The zero-order valence-corrected chi connectivity index (χ0v) is 14.8. The predicted octanol–water partition coefficient (Wildman–Crippen LogP) is 3.94. The fraction of sp³-hybridized carbons (Fsp3) is 0.105. The largest absolute Gasteiger partial charge is 0.452 e. The number of nitrogens with one attached hydrogen (secondary N) is 1. The molecule has 0 spiro atoms. The number of benzene rings is 2. The molecule has 26 heavy (non-hydrogen) atoms. The predicted molar refractivity (Wildman–Crippen MR) is 101 cm³/mol. The highest BCUT2D eigenvalue weighted by Gasteiger charge is 2.11. The summed E-state index contributed by atoms with van der Waals surface area (Å²) in [7, 11) is 1.28. The number of methoxy groups -OCH3 is 1. The van der Waals surface area contributed by atoms with Crippen LogP contribution < -0.4 is 5.43 Å². The third kappa shape index (κ3) is 4.29. The van der Waals surface area contributed by atoms with E-state index in [4.69, 9.17) is 11.6 Å². The van der Waals surface area contributed by atoms with Crippen LogP contribution in [0.15, 0.2) is 65.9 Å². The molecule has 1 amide bonds. The maximum absolute atomic E-state index is 11.2. The monoisotopic (exact) mass is 368 g/mol. The second-order valence-corrected chi connectivity index (χ2v) is 5.86.